The molecule has 3 atom stereocenters. The molecule has 4 aromatic rings. The monoisotopic (exact) mass is 546 g/mol. The number of aryl methyl sites for hydroxylation is 1. The standard InChI is InChI=1S/C23H27ClN8O4S/c1-6-19(17-12-36-30-14(17)3)32-22(18-8-7-9-20(27-18)35-5)28-29-23(32)31-37(33,34)15(4)13(2)21-25-10-16(24)11-26-21/h7-13,15,19H,6H2,1-5H3,(H,29,31)/t13-,15-,19+/m0/s1. The lowest BCUT2D eigenvalue weighted by Crippen LogP contribution is -2.32. The second-order valence-corrected chi connectivity index (χ2v) is 10.9. The lowest BCUT2D eigenvalue weighted by Gasteiger charge is -2.23. The van der Waals surface area contributed by atoms with E-state index in [1.54, 1.807) is 36.6 Å². The van der Waals surface area contributed by atoms with E-state index in [-0.39, 0.29) is 5.95 Å². The number of rotatable bonds is 10. The van der Waals surface area contributed by atoms with Gasteiger partial charge in [0.15, 0.2) is 5.82 Å². The fourth-order valence-electron chi connectivity index (χ4n) is 3.90. The third kappa shape index (κ3) is 5.42. The van der Waals surface area contributed by atoms with E-state index in [2.05, 4.69) is 35.0 Å². The number of halogens is 1. The van der Waals surface area contributed by atoms with Crippen LogP contribution in [0.3, 0.4) is 0 Å². The van der Waals surface area contributed by atoms with Gasteiger partial charge in [0.25, 0.3) is 0 Å². The van der Waals surface area contributed by atoms with E-state index in [1.165, 1.54) is 25.8 Å². The van der Waals surface area contributed by atoms with Crippen molar-refractivity contribution in [2.45, 2.75) is 51.3 Å². The summed E-state index contributed by atoms with van der Waals surface area (Å²) in [6.45, 7) is 7.09. The molecule has 0 amide bonds. The van der Waals surface area contributed by atoms with Crippen LogP contribution in [0.2, 0.25) is 5.02 Å². The quantitative estimate of drug-likeness (QED) is 0.308. The first-order valence-corrected chi connectivity index (χ1v) is 13.4. The fourth-order valence-corrected chi connectivity index (χ4v) is 5.24. The number of methoxy groups -OCH3 is 1. The molecule has 37 heavy (non-hydrogen) atoms. The van der Waals surface area contributed by atoms with Gasteiger partial charge in [0.05, 0.1) is 29.1 Å². The van der Waals surface area contributed by atoms with Crippen molar-refractivity contribution in [2.75, 3.05) is 11.8 Å². The number of hydrogen-bond acceptors (Lipinski definition) is 10. The van der Waals surface area contributed by atoms with Gasteiger partial charge in [-0.25, -0.2) is 23.4 Å². The minimum atomic E-state index is -3.97. The summed E-state index contributed by atoms with van der Waals surface area (Å²) in [7, 11) is -2.45. The van der Waals surface area contributed by atoms with Gasteiger partial charge in [0.2, 0.25) is 21.9 Å². The van der Waals surface area contributed by atoms with Crippen molar-refractivity contribution in [3.8, 4) is 17.4 Å². The van der Waals surface area contributed by atoms with Crippen LogP contribution in [0.4, 0.5) is 5.95 Å². The van der Waals surface area contributed by atoms with Crippen LogP contribution in [0, 0.1) is 6.92 Å². The molecule has 4 aromatic heterocycles. The number of aromatic nitrogens is 7. The Morgan fingerprint density at radius 1 is 1.19 bits per heavy atom. The summed E-state index contributed by atoms with van der Waals surface area (Å²) >= 11 is 5.88. The Kier molecular flexibility index (Phi) is 7.73. The van der Waals surface area contributed by atoms with Gasteiger partial charge < -0.3 is 9.26 Å². The number of sulfonamides is 1. The molecule has 0 aliphatic heterocycles. The Labute approximate surface area is 219 Å². The molecule has 0 aliphatic carbocycles. The Balaban J connectivity index is 1.77. The largest absolute Gasteiger partial charge is 0.481 e. The molecule has 0 unspecified atom stereocenters. The SMILES string of the molecule is CC[C@H](c1conc1C)n1c(NS(=O)(=O)[C@@H](C)[C@H](C)c2ncc(Cl)cn2)nnc1-c1cccc(OC)n1. The van der Waals surface area contributed by atoms with Crippen molar-refractivity contribution >= 4 is 27.6 Å². The number of nitrogens with one attached hydrogen (secondary N) is 1. The number of ether oxygens (including phenoxy) is 1. The lowest BCUT2D eigenvalue weighted by molar-refractivity contribution is 0.398. The number of nitrogens with zero attached hydrogens (tertiary/aromatic N) is 7. The summed E-state index contributed by atoms with van der Waals surface area (Å²) in [4.78, 5) is 12.8. The van der Waals surface area contributed by atoms with Crippen LogP contribution in [0.15, 0.2) is 41.4 Å². The van der Waals surface area contributed by atoms with Crippen LogP contribution in [0.25, 0.3) is 11.5 Å². The van der Waals surface area contributed by atoms with E-state index in [0.29, 0.717) is 40.4 Å². The minimum absolute atomic E-state index is 0.0307. The molecule has 4 rings (SSSR count). The Bertz CT molecular complexity index is 1470. The first-order valence-electron chi connectivity index (χ1n) is 11.5. The molecule has 0 saturated carbocycles. The third-order valence-electron chi connectivity index (χ3n) is 6.18. The highest BCUT2D eigenvalue weighted by Crippen LogP contribution is 2.33. The van der Waals surface area contributed by atoms with Gasteiger partial charge >= 0.3 is 0 Å². The second-order valence-electron chi connectivity index (χ2n) is 8.46. The average molecular weight is 547 g/mol. The summed E-state index contributed by atoms with van der Waals surface area (Å²) in [5.41, 5.74) is 1.89. The van der Waals surface area contributed by atoms with Crippen molar-refractivity contribution < 1.29 is 17.7 Å². The predicted octanol–water partition coefficient (Wildman–Crippen LogP) is 4.02. The van der Waals surface area contributed by atoms with Gasteiger partial charge in [-0.2, -0.15) is 0 Å². The topological polar surface area (TPSA) is 151 Å². The van der Waals surface area contributed by atoms with E-state index < -0.39 is 27.2 Å². The summed E-state index contributed by atoms with van der Waals surface area (Å²) in [5.74, 6) is 0.590. The molecular weight excluding hydrogens is 520 g/mol. The second kappa shape index (κ2) is 10.8. The van der Waals surface area contributed by atoms with Crippen molar-refractivity contribution in [3.05, 3.63) is 59.0 Å². The summed E-state index contributed by atoms with van der Waals surface area (Å²) < 4.78 is 41.8. The van der Waals surface area contributed by atoms with Gasteiger partial charge in [-0.3, -0.25) is 9.29 Å². The van der Waals surface area contributed by atoms with Gasteiger partial charge in [0, 0.05) is 29.9 Å². The zero-order valence-electron chi connectivity index (χ0n) is 21.0. The maximum Gasteiger partial charge on any atom is 0.239 e. The molecule has 0 saturated heterocycles. The fraction of sp³-hybridized carbons (Fsp3) is 0.391. The van der Waals surface area contributed by atoms with Crippen LogP contribution in [-0.4, -0.2) is 55.7 Å². The normalized spacial score (nSPS) is 14.2. The highest BCUT2D eigenvalue weighted by Gasteiger charge is 2.33. The number of pyridine rings is 1. The maximum atomic E-state index is 13.5. The van der Waals surface area contributed by atoms with Crippen LogP contribution in [0.1, 0.15) is 56.2 Å². The molecule has 12 nitrogen and oxygen atoms in total. The Morgan fingerprint density at radius 3 is 2.54 bits per heavy atom. The Hall–Kier alpha value is -3.58. The van der Waals surface area contributed by atoms with Crippen LogP contribution in [-0.2, 0) is 10.0 Å². The highest BCUT2D eigenvalue weighted by atomic mass is 35.5. The molecule has 196 valence electrons. The highest BCUT2D eigenvalue weighted by molar-refractivity contribution is 7.93. The molecule has 1 N–H and O–H groups in total. The predicted molar refractivity (Wildman–Crippen MR) is 137 cm³/mol. The zero-order chi connectivity index (χ0) is 26.7. The molecule has 0 aromatic carbocycles. The van der Waals surface area contributed by atoms with E-state index in [9.17, 15) is 8.42 Å². The van der Waals surface area contributed by atoms with Gasteiger partial charge in [-0.05, 0) is 26.3 Å². The van der Waals surface area contributed by atoms with E-state index in [4.69, 9.17) is 20.9 Å². The molecule has 0 fully saturated rings. The third-order valence-corrected chi connectivity index (χ3v) is 8.23. The minimum Gasteiger partial charge on any atom is -0.481 e. The van der Waals surface area contributed by atoms with Gasteiger partial charge in [0.1, 0.15) is 17.8 Å². The summed E-state index contributed by atoms with van der Waals surface area (Å²) in [5, 5.41) is 12.0. The molecule has 14 heteroatoms. The van der Waals surface area contributed by atoms with Crippen LogP contribution >= 0.6 is 11.6 Å². The zero-order valence-corrected chi connectivity index (χ0v) is 22.5. The van der Waals surface area contributed by atoms with Crippen LogP contribution in [0.5, 0.6) is 5.88 Å². The van der Waals surface area contributed by atoms with E-state index in [1.807, 2.05) is 13.8 Å². The molecule has 0 bridgehead atoms. The summed E-state index contributed by atoms with van der Waals surface area (Å²) in [6, 6.07) is 4.83. The smallest absolute Gasteiger partial charge is 0.239 e. The molecule has 0 aliphatic rings. The lowest BCUT2D eigenvalue weighted by atomic mass is 10.1. The average Bonchev–Trinajstić information content (AvgIpc) is 3.50. The summed E-state index contributed by atoms with van der Waals surface area (Å²) in [6.07, 6.45) is 4.97. The van der Waals surface area contributed by atoms with Crippen molar-refractivity contribution in [2.24, 2.45) is 0 Å². The van der Waals surface area contributed by atoms with Crippen molar-refractivity contribution in [1.82, 2.24) is 34.9 Å². The molecule has 4 heterocycles. The maximum absolute atomic E-state index is 13.5. The van der Waals surface area contributed by atoms with E-state index in [0.717, 1.165) is 5.56 Å². The van der Waals surface area contributed by atoms with Crippen molar-refractivity contribution in [1.29, 1.82) is 0 Å². The van der Waals surface area contributed by atoms with E-state index >= 15 is 0 Å². The number of hydrogen-bond donors (Lipinski definition) is 1. The van der Waals surface area contributed by atoms with Gasteiger partial charge in [-0.1, -0.05) is 36.7 Å². The van der Waals surface area contributed by atoms with Crippen LogP contribution < -0.4 is 9.46 Å². The molecule has 0 spiro atoms. The van der Waals surface area contributed by atoms with Gasteiger partial charge in [-0.15, -0.1) is 10.2 Å². The molecular formula is C23H27ClN8O4S. The Morgan fingerprint density at radius 2 is 1.92 bits per heavy atom. The first kappa shape index (κ1) is 26.5. The number of anilines is 1. The molecule has 0 radical (unpaired) electrons. The first-order chi connectivity index (χ1) is 17.7. The van der Waals surface area contributed by atoms with Crippen molar-refractivity contribution in [3.63, 3.8) is 0 Å².